The van der Waals surface area contributed by atoms with Gasteiger partial charge in [0.25, 0.3) is 0 Å². The fourth-order valence-electron chi connectivity index (χ4n) is 5.12. The van der Waals surface area contributed by atoms with Crippen molar-refractivity contribution in [1.82, 2.24) is 0 Å². The average Bonchev–Trinajstić information content (AvgIpc) is 2.79. The van der Waals surface area contributed by atoms with E-state index in [1.807, 2.05) is 25.1 Å². The van der Waals surface area contributed by atoms with Crippen molar-refractivity contribution in [3.05, 3.63) is 35.9 Å². The van der Waals surface area contributed by atoms with Crippen LogP contribution in [0.4, 0.5) is 0 Å². The van der Waals surface area contributed by atoms with Gasteiger partial charge in [-0.1, -0.05) is 58.0 Å². The van der Waals surface area contributed by atoms with Crippen molar-refractivity contribution in [2.75, 3.05) is 0 Å². The quantitative estimate of drug-likeness (QED) is 0.912. The Morgan fingerprint density at radius 3 is 2.41 bits per heavy atom. The Labute approximate surface area is 133 Å². The van der Waals surface area contributed by atoms with E-state index in [1.54, 1.807) is 0 Å². The molecule has 2 fully saturated rings. The van der Waals surface area contributed by atoms with Crippen LogP contribution in [0.15, 0.2) is 30.3 Å². The normalized spacial score (nSPS) is 37.2. The van der Waals surface area contributed by atoms with Gasteiger partial charge in [0.1, 0.15) is 5.60 Å². The van der Waals surface area contributed by atoms with Crippen LogP contribution in [-0.2, 0) is 11.2 Å². The predicted molar refractivity (Wildman–Crippen MR) is 88.5 cm³/mol. The molecule has 2 aliphatic rings. The standard InChI is InChI=1S/C20H28O2/c1-14(12-15-8-6-5-7-9-15)17(21)20(22)13-16-10-11-19(20,4)18(16,2)3/h5-9,14,16,22H,10-13H2,1-4H3/t14-,16-,19-,20+/m1/s1. The lowest BCUT2D eigenvalue weighted by molar-refractivity contribution is -0.159. The van der Waals surface area contributed by atoms with Crippen molar-refractivity contribution < 1.29 is 9.90 Å². The zero-order valence-corrected chi connectivity index (χ0v) is 14.2. The summed E-state index contributed by atoms with van der Waals surface area (Å²) in [6, 6.07) is 10.1. The topological polar surface area (TPSA) is 37.3 Å². The van der Waals surface area contributed by atoms with Gasteiger partial charge in [-0.15, -0.1) is 0 Å². The van der Waals surface area contributed by atoms with Gasteiger partial charge in [0, 0.05) is 11.3 Å². The number of carbonyl (C=O) groups is 1. The summed E-state index contributed by atoms with van der Waals surface area (Å²) in [5.74, 6) is 0.379. The molecule has 0 aromatic heterocycles. The summed E-state index contributed by atoms with van der Waals surface area (Å²) in [7, 11) is 0. The van der Waals surface area contributed by atoms with Crippen molar-refractivity contribution in [1.29, 1.82) is 0 Å². The second-order valence-electron chi connectivity index (χ2n) is 8.31. The first kappa shape index (κ1) is 15.7. The van der Waals surface area contributed by atoms with Crippen molar-refractivity contribution in [3.63, 3.8) is 0 Å². The molecule has 0 radical (unpaired) electrons. The van der Waals surface area contributed by atoms with Crippen molar-refractivity contribution >= 4 is 5.78 Å². The Bertz CT molecular complexity index is 577. The molecule has 2 nitrogen and oxygen atoms in total. The largest absolute Gasteiger partial charge is 0.381 e. The third kappa shape index (κ3) is 1.93. The molecule has 0 heterocycles. The summed E-state index contributed by atoms with van der Waals surface area (Å²) < 4.78 is 0. The molecule has 0 saturated heterocycles. The van der Waals surface area contributed by atoms with Crippen LogP contribution in [0.5, 0.6) is 0 Å². The molecule has 1 aromatic rings. The van der Waals surface area contributed by atoms with E-state index in [9.17, 15) is 9.90 Å². The van der Waals surface area contributed by atoms with Crippen LogP contribution in [-0.4, -0.2) is 16.5 Å². The van der Waals surface area contributed by atoms with E-state index >= 15 is 0 Å². The molecule has 120 valence electrons. The number of rotatable bonds is 4. The Morgan fingerprint density at radius 1 is 1.27 bits per heavy atom. The van der Waals surface area contributed by atoms with Crippen LogP contribution >= 0.6 is 0 Å². The first-order chi connectivity index (χ1) is 10.2. The lowest BCUT2D eigenvalue weighted by atomic mass is 9.61. The summed E-state index contributed by atoms with van der Waals surface area (Å²) in [5, 5.41) is 11.3. The minimum Gasteiger partial charge on any atom is -0.381 e. The van der Waals surface area contributed by atoms with Crippen LogP contribution < -0.4 is 0 Å². The van der Waals surface area contributed by atoms with E-state index in [1.165, 1.54) is 5.56 Å². The summed E-state index contributed by atoms with van der Waals surface area (Å²) in [5.41, 5.74) is -0.219. The van der Waals surface area contributed by atoms with Gasteiger partial charge in [-0.25, -0.2) is 0 Å². The van der Waals surface area contributed by atoms with E-state index in [-0.39, 0.29) is 22.5 Å². The van der Waals surface area contributed by atoms with E-state index in [0.29, 0.717) is 18.8 Å². The minimum atomic E-state index is -1.15. The van der Waals surface area contributed by atoms with Gasteiger partial charge in [0.15, 0.2) is 5.78 Å². The molecule has 2 heteroatoms. The van der Waals surface area contributed by atoms with Crippen molar-refractivity contribution in [2.24, 2.45) is 22.7 Å². The zero-order valence-electron chi connectivity index (χ0n) is 14.2. The highest BCUT2D eigenvalue weighted by atomic mass is 16.3. The van der Waals surface area contributed by atoms with Gasteiger partial charge in [0.05, 0.1) is 0 Å². The number of fused-ring (bicyclic) bond motifs is 2. The van der Waals surface area contributed by atoms with Crippen LogP contribution in [0.3, 0.4) is 0 Å². The first-order valence-corrected chi connectivity index (χ1v) is 8.53. The van der Waals surface area contributed by atoms with Crippen LogP contribution in [0, 0.1) is 22.7 Å². The molecule has 22 heavy (non-hydrogen) atoms. The fourth-order valence-corrected chi connectivity index (χ4v) is 5.12. The molecule has 1 aromatic carbocycles. The second kappa shape index (κ2) is 4.92. The monoisotopic (exact) mass is 300 g/mol. The fraction of sp³-hybridized carbons (Fsp3) is 0.650. The molecule has 1 N–H and O–H groups in total. The van der Waals surface area contributed by atoms with E-state index in [2.05, 4.69) is 32.9 Å². The lowest BCUT2D eigenvalue weighted by Gasteiger charge is -2.45. The number of Topliss-reactive ketones (excluding diaryl/α,β-unsaturated/α-hetero) is 1. The van der Waals surface area contributed by atoms with Gasteiger partial charge in [0.2, 0.25) is 0 Å². The number of hydrogen-bond donors (Lipinski definition) is 1. The molecule has 0 unspecified atom stereocenters. The van der Waals surface area contributed by atoms with E-state index < -0.39 is 5.60 Å². The van der Waals surface area contributed by atoms with Gasteiger partial charge in [-0.3, -0.25) is 4.79 Å². The van der Waals surface area contributed by atoms with Crippen LogP contribution in [0.2, 0.25) is 0 Å². The molecule has 3 rings (SSSR count). The highest BCUT2D eigenvalue weighted by molar-refractivity contribution is 5.91. The molecular weight excluding hydrogens is 272 g/mol. The molecule has 2 saturated carbocycles. The molecule has 2 bridgehead atoms. The van der Waals surface area contributed by atoms with Crippen LogP contribution in [0.1, 0.15) is 52.5 Å². The molecule has 0 spiro atoms. The Hall–Kier alpha value is -1.15. The number of ketones is 1. The van der Waals surface area contributed by atoms with E-state index in [0.717, 1.165) is 12.8 Å². The highest BCUT2D eigenvalue weighted by Crippen LogP contribution is 2.70. The number of aliphatic hydroxyl groups is 1. The van der Waals surface area contributed by atoms with Crippen LogP contribution in [0.25, 0.3) is 0 Å². The molecule has 4 atom stereocenters. The highest BCUT2D eigenvalue weighted by Gasteiger charge is 2.71. The Balaban J connectivity index is 1.83. The smallest absolute Gasteiger partial charge is 0.168 e. The summed E-state index contributed by atoms with van der Waals surface area (Å²) in [6.07, 6.45) is 3.47. The average molecular weight is 300 g/mol. The predicted octanol–water partition coefficient (Wildman–Crippen LogP) is 4.01. The number of benzene rings is 1. The maximum Gasteiger partial charge on any atom is 0.168 e. The van der Waals surface area contributed by atoms with Gasteiger partial charge < -0.3 is 5.11 Å². The Morgan fingerprint density at radius 2 is 1.91 bits per heavy atom. The van der Waals surface area contributed by atoms with Crippen molar-refractivity contribution in [2.45, 2.75) is 59.0 Å². The lowest BCUT2D eigenvalue weighted by Crippen LogP contribution is -2.54. The van der Waals surface area contributed by atoms with Gasteiger partial charge >= 0.3 is 0 Å². The summed E-state index contributed by atoms with van der Waals surface area (Å²) in [6.45, 7) is 8.57. The third-order valence-electron chi connectivity index (χ3n) is 7.13. The summed E-state index contributed by atoms with van der Waals surface area (Å²) >= 11 is 0. The first-order valence-electron chi connectivity index (χ1n) is 8.53. The third-order valence-corrected chi connectivity index (χ3v) is 7.13. The molecular formula is C20H28O2. The zero-order chi connectivity index (χ0) is 16.2. The minimum absolute atomic E-state index is 0.0455. The van der Waals surface area contributed by atoms with Gasteiger partial charge in [-0.2, -0.15) is 0 Å². The van der Waals surface area contributed by atoms with E-state index in [4.69, 9.17) is 0 Å². The Kier molecular flexibility index (Phi) is 3.52. The maximum absolute atomic E-state index is 13.1. The maximum atomic E-state index is 13.1. The summed E-state index contributed by atoms with van der Waals surface area (Å²) in [4.78, 5) is 13.1. The molecule has 0 aliphatic heterocycles. The molecule has 2 aliphatic carbocycles. The molecule has 0 amide bonds. The van der Waals surface area contributed by atoms with Gasteiger partial charge in [-0.05, 0) is 42.6 Å². The second-order valence-corrected chi connectivity index (χ2v) is 8.31. The number of hydrogen-bond acceptors (Lipinski definition) is 2. The number of carbonyl (C=O) groups excluding carboxylic acids is 1. The SMILES string of the molecule is C[C@H](Cc1ccccc1)C(=O)[C@@]1(O)C[C@H]2CC[C@]1(C)C2(C)C. The van der Waals surface area contributed by atoms with Crippen molar-refractivity contribution in [3.8, 4) is 0 Å².